The number of alkyl halides is 2. The summed E-state index contributed by atoms with van der Waals surface area (Å²) in [5, 5.41) is 14.9. The normalized spacial score (nSPS) is 24.5. The van der Waals surface area contributed by atoms with E-state index in [1.807, 2.05) is 47.7 Å². The Bertz CT molecular complexity index is 861. The van der Waals surface area contributed by atoms with Crippen LogP contribution in [0.5, 0.6) is 5.75 Å². The smallest absolute Gasteiger partial charge is 0.250 e. The molecule has 0 amide bonds. The molecule has 0 radical (unpaired) electrons. The first-order chi connectivity index (χ1) is 14.8. The van der Waals surface area contributed by atoms with E-state index in [1.54, 1.807) is 0 Å². The summed E-state index contributed by atoms with van der Waals surface area (Å²) in [6.07, 6.45) is -0.724. The second-order valence-corrected chi connectivity index (χ2v) is 8.86. The van der Waals surface area contributed by atoms with Gasteiger partial charge in [-0.2, -0.15) is 5.10 Å². The molecule has 0 bridgehead atoms. The quantitative estimate of drug-likeness (QED) is 0.726. The third-order valence-electron chi connectivity index (χ3n) is 6.34. The Morgan fingerprint density at radius 2 is 1.84 bits per heavy atom. The number of halogens is 2. The summed E-state index contributed by atoms with van der Waals surface area (Å²) in [5.41, 5.74) is 3.28. The lowest BCUT2D eigenvalue weighted by atomic mass is 10.0. The van der Waals surface area contributed by atoms with E-state index in [0.717, 1.165) is 29.2 Å². The highest BCUT2D eigenvalue weighted by atomic mass is 19.3. The second-order valence-electron chi connectivity index (χ2n) is 8.86. The molecule has 3 heterocycles. The number of ether oxygens (including phenoxy) is 1. The van der Waals surface area contributed by atoms with Gasteiger partial charge in [0.15, 0.2) is 0 Å². The Hall–Kier alpha value is -2.03. The predicted octanol–water partition coefficient (Wildman–Crippen LogP) is 2.86. The number of aryl methyl sites for hydroxylation is 2. The van der Waals surface area contributed by atoms with Crippen molar-refractivity contribution >= 4 is 0 Å². The summed E-state index contributed by atoms with van der Waals surface area (Å²) >= 11 is 0. The van der Waals surface area contributed by atoms with E-state index in [1.165, 1.54) is 0 Å². The zero-order valence-electron chi connectivity index (χ0n) is 18.3. The van der Waals surface area contributed by atoms with Crippen LogP contribution in [0, 0.1) is 13.8 Å². The molecule has 6 nitrogen and oxygen atoms in total. The molecular weight excluding hydrogens is 402 g/mol. The van der Waals surface area contributed by atoms with Crippen LogP contribution >= 0.6 is 0 Å². The van der Waals surface area contributed by atoms with E-state index in [2.05, 4.69) is 16.1 Å². The Morgan fingerprint density at radius 1 is 1.13 bits per heavy atom. The molecule has 8 heteroatoms. The SMILES string of the molecule is Cc1cc(C)n(CCOc2ccc(CN3C[C@H](O)[C@@H](N4CCC(F)(F)CC4)C3)cc2)n1. The van der Waals surface area contributed by atoms with E-state index < -0.39 is 12.0 Å². The van der Waals surface area contributed by atoms with Gasteiger partial charge >= 0.3 is 0 Å². The van der Waals surface area contributed by atoms with Gasteiger partial charge in [-0.3, -0.25) is 14.5 Å². The van der Waals surface area contributed by atoms with Gasteiger partial charge < -0.3 is 9.84 Å². The first kappa shape index (κ1) is 22.2. The highest BCUT2D eigenvalue weighted by molar-refractivity contribution is 5.27. The largest absolute Gasteiger partial charge is 0.492 e. The van der Waals surface area contributed by atoms with Gasteiger partial charge in [0.05, 0.1) is 18.3 Å². The van der Waals surface area contributed by atoms with E-state index >= 15 is 0 Å². The van der Waals surface area contributed by atoms with Gasteiger partial charge in [-0.25, -0.2) is 8.78 Å². The fourth-order valence-corrected chi connectivity index (χ4v) is 4.62. The molecule has 0 saturated carbocycles. The van der Waals surface area contributed by atoms with E-state index in [0.29, 0.717) is 39.3 Å². The zero-order valence-corrected chi connectivity index (χ0v) is 18.3. The van der Waals surface area contributed by atoms with Gasteiger partial charge in [-0.15, -0.1) is 0 Å². The van der Waals surface area contributed by atoms with Crippen LogP contribution in [0.2, 0.25) is 0 Å². The number of aromatic nitrogens is 2. The van der Waals surface area contributed by atoms with Gasteiger partial charge in [-0.05, 0) is 37.6 Å². The molecule has 4 rings (SSSR count). The first-order valence-electron chi connectivity index (χ1n) is 11.0. The molecule has 31 heavy (non-hydrogen) atoms. The van der Waals surface area contributed by atoms with E-state index in [9.17, 15) is 13.9 Å². The van der Waals surface area contributed by atoms with Crippen molar-refractivity contribution in [3.63, 3.8) is 0 Å². The maximum absolute atomic E-state index is 13.4. The molecule has 0 spiro atoms. The van der Waals surface area contributed by atoms with E-state index in [-0.39, 0.29) is 18.9 Å². The van der Waals surface area contributed by atoms with Gasteiger partial charge in [0.1, 0.15) is 12.4 Å². The Balaban J connectivity index is 1.24. The molecule has 2 saturated heterocycles. The number of hydrogen-bond acceptors (Lipinski definition) is 5. The van der Waals surface area contributed by atoms with Crippen molar-refractivity contribution in [2.45, 2.75) is 57.8 Å². The number of hydrogen-bond donors (Lipinski definition) is 1. The highest BCUT2D eigenvalue weighted by Gasteiger charge is 2.41. The molecule has 1 aromatic carbocycles. The van der Waals surface area contributed by atoms with Crippen LogP contribution in [-0.2, 0) is 13.1 Å². The van der Waals surface area contributed by atoms with Crippen LogP contribution in [0.4, 0.5) is 8.78 Å². The lowest BCUT2D eigenvalue weighted by Gasteiger charge is -2.36. The maximum atomic E-state index is 13.4. The van der Waals surface area contributed by atoms with Crippen LogP contribution in [0.15, 0.2) is 30.3 Å². The zero-order chi connectivity index (χ0) is 22.0. The van der Waals surface area contributed by atoms with Gasteiger partial charge in [0.2, 0.25) is 0 Å². The molecule has 0 aliphatic carbocycles. The van der Waals surface area contributed by atoms with Crippen molar-refractivity contribution in [2.24, 2.45) is 0 Å². The number of likely N-dealkylation sites (tertiary alicyclic amines) is 2. The van der Waals surface area contributed by atoms with Crippen molar-refractivity contribution in [2.75, 3.05) is 32.8 Å². The number of benzene rings is 1. The van der Waals surface area contributed by atoms with Crippen LogP contribution in [-0.4, -0.2) is 75.5 Å². The predicted molar refractivity (Wildman–Crippen MR) is 114 cm³/mol. The molecule has 2 aliphatic rings. The van der Waals surface area contributed by atoms with Crippen molar-refractivity contribution in [3.8, 4) is 5.75 Å². The van der Waals surface area contributed by atoms with Gasteiger partial charge in [-0.1, -0.05) is 12.1 Å². The molecule has 170 valence electrons. The number of aliphatic hydroxyl groups excluding tert-OH is 1. The summed E-state index contributed by atoms with van der Waals surface area (Å²) in [6, 6.07) is 10.0. The minimum atomic E-state index is -2.56. The maximum Gasteiger partial charge on any atom is 0.250 e. The standard InChI is InChI=1S/C23H32F2N4O2/c1-17-13-18(2)29(26-17)11-12-31-20-5-3-19(4-6-20)14-27-15-21(22(30)16-27)28-9-7-23(24,25)8-10-28/h3-6,13,21-22,30H,7-12,14-16H2,1-2H3/t21-,22-/m0/s1. The Labute approximate surface area is 182 Å². The van der Waals surface area contributed by atoms with Crippen LogP contribution < -0.4 is 4.74 Å². The number of piperidine rings is 1. The van der Waals surface area contributed by atoms with E-state index in [4.69, 9.17) is 4.74 Å². The summed E-state index contributed by atoms with van der Waals surface area (Å²) in [7, 11) is 0. The Kier molecular flexibility index (Phi) is 6.60. The van der Waals surface area contributed by atoms with Crippen molar-refractivity contribution in [1.82, 2.24) is 19.6 Å². The highest BCUT2D eigenvalue weighted by Crippen LogP contribution is 2.30. The summed E-state index contributed by atoms with van der Waals surface area (Å²) < 4.78 is 34.6. The van der Waals surface area contributed by atoms with Crippen molar-refractivity contribution in [1.29, 1.82) is 0 Å². The van der Waals surface area contributed by atoms with Gasteiger partial charge in [0, 0.05) is 57.3 Å². The minimum absolute atomic E-state index is 0.0619. The molecule has 2 aliphatic heterocycles. The number of β-amino-alcohol motifs (C(OH)–C–C–N with tert-alkyl or cyclic N) is 1. The first-order valence-corrected chi connectivity index (χ1v) is 11.0. The number of aliphatic hydroxyl groups is 1. The lowest BCUT2D eigenvalue weighted by Crippen LogP contribution is -2.49. The third-order valence-corrected chi connectivity index (χ3v) is 6.34. The molecule has 2 atom stereocenters. The average molecular weight is 435 g/mol. The summed E-state index contributed by atoms with van der Waals surface area (Å²) in [6.45, 7) is 7.98. The van der Waals surface area contributed by atoms with Gasteiger partial charge in [0.25, 0.3) is 5.92 Å². The monoisotopic (exact) mass is 434 g/mol. The fourth-order valence-electron chi connectivity index (χ4n) is 4.62. The fraction of sp³-hybridized carbons (Fsp3) is 0.609. The summed E-state index contributed by atoms with van der Waals surface area (Å²) in [4.78, 5) is 4.22. The molecule has 1 N–H and O–H groups in total. The molecule has 1 aromatic heterocycles. The summed E-state index contributed by atoms with van der Waals surface area (Å²) in [5.74, 6) is -1.74. The lowest BCUT2D eigenvalue weighted by molar-refractivity contribution is -0.0698. The topological polar surface area (TPSA) is 53.8 Å². The second kappa shape index (κ2) is 9.22. The van der Waals surface area contributed by atoms with Crippen LogP contribution in [0.1, 0.15) is 29.8 Å². The van der Waals surface area contributed by atoms with Crippen molar-refractivity contribution in [3.05, 3.63) is 47.3 Å². The number of rotatable bonds is 7. The molecular formula is C23H32F2N4O2. The van der Waals surface area contributed by atoms with Crippen LogP contribution in [0.3, 0.4) is 0 Å². The number of nitrogens with zero attached hydrogens (tertiary/aromatic N) is 4. The Morgan fingerprint density at radius 3 is 2.48 bits per heavy atom. The molecule has 2 fully saturated rings. The van der Waals surface area contributed by atoms with Crippen molar-refractivity contribution < 1.29 is 18.6 Å². The minimum Gasteiger partial charge on any atom is -0.492 e. The average Bonchev–Trinajstić information content (AvgIpc) is 3.24. The third kappa shape index (κ3) is 5.61. The van der Waals surface area contributed by atoms with Crippen LogP contribution in [0.25, 0.3) is 0 Å². The molecule has 0 unspecified atom stereocenters. The molecule has 2 aromatic rings.